The average molecular weight is 439 g/mol. The molecule has 2 rings (SSSR count). The summed E-state index contributed by atoms with van der Waals surface area (Å²) in [6.07, 6.45) is 3.09. The smallest absolute Gasteiger partial charge is 0.335 e. The Balaban J connectivity index is 2.33. The van der Waals surface area contributed by atoms with Crippen molar-refractivity contribution in [3.63, 3.8) is 0 Å². The van der Waals surface area contributed by atoms with Crippen LogP contribution in [0, 0.1) is 5.92 Å². The molecule has 1 N–H and O–H groups in total. The molecule has 4 nitrogen and oxygen atoms in total. The van der Waals surface area contributed by atoms with Crippen LogP contribution in [0.15, 0.2) is 72.8 Å². The molecular weight excluding hydrogens is 404 g/mol. The number of benzene rings is 2. The molecule has 0 aliphatic carbocycles. The average Bonchev–Trinajstić information content (AvgIpc) is 2.75. The number of rotatable bonds is 8. The Labute approximate surface area is 187 Å². The Kier molecular flexibility index (Phi) is 7.79. The van der Waals surface area contributed by atoms with Crippen LogP contribution < -0.4 is 0 Å². The lowest BCUT2D eigenvalue weighted by molar-refractivity contribution is -0.162. The molecule has 2 atom stereocenters. The Morgan fingerprint density at radius 1 is 1.00 bits per heavy atom. The third-order valence-electron chi connectivity index (χ3n) is 6.61. The van der Waals surface area contributed by atoms with E-state index in [9.17, 15) is 14.7 Å². The molecule has 0 unspecified atom stereocenters. The quantitative estimate of drug-likeness (QED) is 0.253. The van der Waals surface area contributed by atoms with Gasteiger partial charge in [0, 0.05) is 11.5 Å². The number of esters is 1. The first-order chi connectivity index (χ1) is 14.4. The van der Waals surface area contributed by atoms with Crippen LogP contribution in [0.2, 0.25) is 18.1 Å². The van der Waals surface area contributed by atoms with Crippen LogP contribution in [0.4, 0.5) is 0 Å². The molecule has 166 valence electrons. The van der Waals surface area contributed by atoms with E-state index in [-0.39, 0.29) is 17.4 Å². The SMILES string of the molecule is C[C@H](/C=C/C(=O)c1ccccc1)[C@](O)(C(=O)OCc1ccccc1)[Si](C)(C)C(C)(C)C. The van der Waals surface area contributed by atoms with Crippen LogP contribution in [-0.4, -0.2) is 30.2 Å². The van der Waals surface area contributed by atoms with Crippen LogP contribution in [0.3, 0.4) is 0 Å². The van der Waals surface area contributed by atoms with Crippen molar-refractivity contribution in [2.45, 2.75) is 57.7 Å². The molecule has 0 amide bonds. The van der Waals surface area contributed by atoms with Gasteiger partial charge in [0.25, 0.3) is 0 Å². The lowest BCUT2D eigenvalue weighted by atomic mass is 10.0. The zero-order valence-electron chi connectivity index (χ0n) is 19.4. The molecule has 0 saturated carbocycles. The topological polar surface area (TPSA) is 63.6 Å². The molecule has 0 fully saturated rings. The summed E-state index contributed by atoms with van der Waals surface area (Å²) in [5, 5.41) is 9.92. The fourth-order valence-electron chi connectivity index (χ4n) is 3.48. The Morgan fingerprint density at radius 3 is 2.03 bits per heavy atom. The maximum Gasteiger partial charge on any atom is 0.335 e. The van der Waals surface area contributed by atoms with Crippen molar-refractivity contribution in [2.75, 3.05) is 0 Å². The molecule has 0 aliphatic heterocycles. The number of carbonyl (C=O) groups is 2. The number of carbonyl (C=O) groups excluding carboxylic acids is 2. The Hall–Kier alpha value is -2.50. The maximum atomic E-state index is 13.3. The fraction of sp³-hybridized carbons (Fsp3) is 0.385. The second-order valence-corrected chi connectivity index (χ2v) is 15.1. The number of hydrogen-bond acceptors (Lipinski definition) is 4. The van der Waals surface area contributed by atoms with Gasteiger partial charge in [-0.25, -0.2) is 4.79 Å². The molecule has 0 heterocycles. The molecule has 0 aliphatic rings. The van der Waals surface area contributed by atoms with Gasteiger partial charge in [-0.1, -0.05) is 108 Å². The van der Waals surface area contributed by atoms with Gasteiger partial charge in [0.1, 0.15) is 14.7 Å². The molecule has 2 aromatic carbocycles. The van der Waals surface area contributed by atoms with Crippen LogP contribution in [0.25, 0.3) is 0 Å². The number of allylic oxidation sites excluding steroid dienone is 1. The second kappa shape index (κ2) is 9.75. The molecule has 0 saturated heterocycles. The van der Waals surface area contributed by atoms with Gasteiger partial charge in [-0.15, -0.1) is 0 Å². The molecule has 0 bridgehead atoms. The van der Waals surface area contributed by atoms with E-state index < -0.39 is 25.2 Å². The fourth-order valence-corrected chi connectivity index (χ4v) is 6.45. The van der Waals surface area contributed by atoms with Crippen molar-refractivity contribution in [1.29, 1.82) is 0 Å². The summed E-state index contributed by atoms with van der Waals surface area (Å²) < 4.78 is 5.61. The van der Waals surface area contributed by atoms with Gasteiger partial charge >= 0.3 is 5.97 Å². The molecular formula is C26H34O4Si. The summed E-state index contributed by atoms with van der Waals surface area (Å²) in [4.78, 5) is 25.9. The Bertz CT molecular complexity index is 913. The van der Waals surface area contributed by atoms with Gasteiger partial charge in [-0.2, -0.15) is 0 Å². The van der Waals surface area contributed by atoms with Crippen molar-refractivity contribution in [3.05, 3.63) is 83.9 Å². The van der Waals surface area contributed by atoms with Crippen LogP contribution >= 0.6 is 0 Å². The van der Waals surface area contributed by atoms with Crippen molar-refractivity contribution in [2.24, 2.45) is 5.92 Å². The zero-order chi connectivity index (χ0) is 23.3. The second-order valence-electron chi connectivity index (χ2n) is 9.58. The van der Waals surface area contributed by atoms with Gasteiger partial charge in [0.2, 0.25) is 0 Å². The predicted octanol–water partition coefficient (Wildman–Crippen LogP) is 5.58. The van der Waals surface area contributed by atoms with E-state index in [1.165, 1.54) is 6.08 Å². The highest BCUT2D eigenvalue weighted by Gasteiger charge is 2.60. The van der Waals surface area contributed by atoms with Gasteiger partial charge in [-0.3, -0.25) is 4.79 Å². The van der Waals surface area contributed by atoms with E-state index in [2.05, 4.69) is 0 Å². The van der Waals surface area contributed by atoms with Crippen LogP contribution in [0.1, 0.15) is 43.6 Å². The predicted molar refractivity (Wildman–Crippen MR) is 127 cm³/mol. The largest absolute Gasteiger partial charge is 0.459 e. The number of ether oxygens (including phenoxy) is 1. The number of aliphatic hydroxyl groups is 1. The standard InChI is InChI=1S/C26H34O4Si/c1-20(17-18-23(27)22-15-11-8-12-16-22)26(29,31(5,6)25(2,3)4)24(28)30-19-21-13-9-7-10-14-21/h7-18,20,29H,19H2,1-6H3/b18-17+/t20-,26-/m1/s1. The summed E-state index contributed by atoms with van der Waals surface area (Å²) in [5.41, 5.74) is 1.42. The minimum Gasteiger partial charge on any atom is -0.459 e. The van der Waals surface area contributed by atoms with E-state index in [1.54, 1.807) is 37.3 Å². The molecule has 0 radical (unpaired) electrons. The summed E-state index contributed by atoms with van der Waals surface area (Å²) in [5.74, 6) is -1.39. The lowest BCUT2D eigenvalue weighted by Gasteiger charge is -2.49. The van der Waals surface area contributed by atoms with E-state index in [1.807, 2.05) is 70.3 Å². The minimum atomic E-state index is -2.66. The zero-order valence-corrected chi connectivity index (χ0v) is 20.4. The maximum absolute atomic E-state index is 13.3. The summed E-state index contributed by atoms with van der Waals surface area (Å²) >= 11 is 0. The highest BCUT2D eigenvalue weighted by atomic mass is 28.3. The number of ketones is 1. The highest BCUT2D eigenvalue weighted by Crippen LogP contribution is 2.46. The minimum absolute atomic E-state index is 0.0932. The van der Waals surface area contributed by atoms with Crippen LogP contribution in [-0.2, 0) is 16.1 Å². The van der Waals surface area contributed by atoms with E-state index >= 15 is 0 Å². The molecule has 0 aromatic heterocycles. The van der Waals surface area contributed by atoms with Crippen molar-refractivity contribution in [1.82, 2.24) is 0 Å². The summed E-state index contributed by atoms with van der Waals surface area (Å²) in [6, 6.07) is 18.3. The normalized spacial score (nSPS) is 15.3. The highest BCUT2D eigenvalue weighted by molar-refractivity contribution is 6.85. The molecule has 0 spiro atoms. The van der Waals surface area contributed by atoms with Crippen LogP contribution in [0.5, 0.6) is 0 Å². The first-order valence-electron chi connectivity index (χ1n) is 10.6. The van der Waals surface area contributed by atoms with Gasteiger partial charge < -0.3 is 9.84 Å². The van der Waals surface area contributed by atoms with Crippen molar-refractivity contribution in [3.8, 4) is 0 Å². The van der Waals surface area contributed by atoms with E-state index in [0.717, 1.165) is 5.56 Å². The van der Waals surface area contributed by atoms with E-state index in [4.69, 9.17) is 4.74 Å². The lowest BCUT2D eigenvalue weighted by Crippen LogP contribution is -2.67. The monoisotopic (exact) mass is 438 g/mol. The van der Waals surface area contributed by atoms with E-state index in [0.29, 0.717) is 5.56 Å². The van der Waals surface area contributed by atoms with Crippen molar-refractivity contribution < 1.29 is 19.4 Å². The third kappa shape index (κ3) is 5.41. The van der Waals surface area contributed by atoms with Gasteiger partial charge in [0.05, 0.1) is 0 Å². The molecule has 31 heavy (non-hydrogen) atoms. The molecule has 2 aromatic rings. The van der Waals surface area contributed by atoms with Gasteiger partial charge in [-0.05, 0) is 16.7 Å². The first-order valence-corrected chi connectivity index (χ1v) is 13.6. The molecule has 5 heteroatoms. The Morgan fingerprint density at radius 2 is 1.52 bits per heavy atom. The van der Waals surface area contributed by atoms with Crippen molar-refractivity contribution >= 4 is 19.8 Å². The van der Waals surface area contributed by atoms with Gasteiger partial charge in [0.15, 0.2) is 11.0 Å². The number of hydrogen-bond donors (Lipinski definition) is 1. The summed E-state index contributed by atoms with van der Waals surface area (Å²) in [6.45, 7) is 12.0. The summed E-state index contributed by atoms with van der Waals surface area (Å²) in [7, 11) is -2.66. The first kappa shape index (κ1) is 24.8. The third-order valence-corrected chi connectivity index (χ3v) is 12.9.